The topological polar surface area (TPSA) is 115 Å². The minimum absolute atomic E-state index is 0.0432. The van der Waals surface area contributed by atoms with E-state index in [1.165, 1.54) is 30.3 Å². The lowest BCUT2D eigenvalue weighted by Crippen LogP contribution is -2.15. The third kappa shape index (κ3) is 3.79. The van der Waals surface area contributed by atoms with Crippen LogP contribution in [0, 0.1) is 34.1 Å². The molecule has 1 amide bonds. The van der Waals surface area contributed by atoms with Crippen LogP contribution in [0.2, 0.25) is 0 Å². The maximum absolute atomic E-state index is 12.5. The Balaban J connectivity index is 2.40. The van der Waals surface area contributed by atoms with Crippen molar-refractivity contribution in [1.82, 2.24) is 0 Å². The SMILES string of the molecule is CCc1cc([N+](=O)[O-])cc(C)c1NC(=O)c1ccc(C)c([N+](=O)[O-])c1. The molecule has 0 aliphatic rings. The summed E-state index contributed by atoms with van der Waals surface area (Å²) in [6, 6.07) is 7.03. The monoisotopic (exact) mass is 343 g/mol. The maximum Gasteiger partial charge on any atom is 0.273 e. The molecule has 0 saturated heterocycles. The van der Waals surface area contributed by atoms with Gasteiger partial charge < -0.3 is 5.32 Å². The summed E-state index contributed by atoms with van der Waals surface area (Å²) in [5.74, 6) is -0.505. The van der Waals surface area contributed by atoms with Crippen molar-refractivity contribution in [2.45, 2.75) is 27.2 Å². The van der Waals surface area contributed by atoms with Gasteiger partial charge in [0.2, 0.25) is 0 Å². The number of carbonyl (C=O) groups is 1. The molecule has 0 atom stereocenters. The Labute approximate surface area is 143 Å². The molecule has 1 N–H and O–H groups in total. The van der Waals surface area contributed by atoms with Crippen molar-refractivity contribution in [2.24, 2.45) is 0 Å². The van der Waals surface area contributed by atoms with Crippen LogP contribution in [-0.4, -0.2) is 15.8 Å². The van der Waals surface area contributed by atoms with Gasteiger partial charge in [0.05, 0.1) is 9.85 Å². The molecule has 8 heteroatoms. The standard InChI is InChI=1S/C17H17N3O5/c1-4-12-8-14(19(22)23)7-11(3)16(12)18-17(21)13-6-5-10(2)15(9-13)20(24)25/h5-9H,4H2,1-3H3,(H,18,21). The van der Waals surface area contributed by atoms with Gasteiger partial charge >= 0.3 is 0 Å². The van der Waals surface area contributed by atoms with Crippen molar-refractivity contribution in [3.63, 3.8) is 0 Å². The number of nitro groups is 2. The van der Waals surface area contributed by atoms with Gasteiger partial charge in [-0.3, -0.25) is 25.0 Å². The highest BCUT2D eigenvalue weighted by Gasteiger charge is 2.18. The number of non-ortho nitro benzene ring substituents is 1. The molecule has 0 radical (unpaired) electrons. The summed E-state index contributed by atoms with van der Waals surface area (Å²) in [5.41, 5.74) is 2.10. The average molecular weight is 343 g/mol. The van der Waals surface area contributed by atoms with Crippen molar-refractivity contribution >= 4 is 23.0 Å². The first-order valence-corrected chi connectivity index (χ1v) is 7.59. The number of nitro benzene ring substituents is 2. The van der Waals surface area contributed by atoms with Crippen LogP contribution in [0.3, 0.4) is 0 Å². The van der Waals surface area contributed by atoms with Gasteiger partial charge in [-0.2, -0.15) is 0 Å². The van der Waals surface area contributed by atoms with Gasteiger partial charge in [-0.15, -0.1) is 0 Å². The Bertz CT molecular complexity index is 877. The second-order valence-corrected chi connectivity index (χ2v) is 5.62. The summed E-state index contributed by atoms with van der Waals surface area (Å²) in [7, 11) is 0. The fourth-order valence-corrected chi connectivity index (χ4v) is 2.54. The summed E-state index contributed by atoms with van der Waals surface area (Å²) in [6.45, 7) is 5.08. The van der Waals surface area contributed by atoms with Crippen molar-refractivity contribution in [3.8, 4) is 0 Å². The number of amides is 1. The molecule has 0 aliphatic heterocycles. The van der Waals surface area contributed by atoms with Gasteiger partial charge in [-0.25, -0.2) is 0 Å². The third-order valence-electron chi connectivity index (χ3n) is 3.90. The average Bonchev–Trinajstić information content (AvgIpc) is 2.56. The zero-order valence-electron chi connectivity index (χ0n) is 14.0. The largest absolute Gasteiger partial charge is 0.321 e. The highest BCUT2D eigenvalue weighted by atomic mass is 16.6. The minimum Gasteiger partial charge on any atom is -0.321 e. The first-order valence-electron chi connectivity index (χ1n) is 7.59. The molecular formula is C17H17N3O5. The van der Waals surface area contributed by atoms with Crippen LogP contribution >= 0.6 is 0 Å². The lowest BCUT2D eigenvalue weighted by molar-refractivity contribution is -0.385. The fraction of sp³-hybridized carbons (Fsp3) is 0.235. The summed E-state index contributed by atoms with van der Waals surface area (Å²) >= 11 is 0. The van der Waals surface area contributed by atoms with Crippen LogP contribution in [0.5, 0.6) is 0 Å². The predicted octanol–water partition coefficient (Wildman–Crippen LogP) is 3.93. The van der Waals surface area contributed by atoms with Gasteiger partial charge in [-0.1, -0.05) is 13.0 Å². The molecule has 2 aromatic carbocycles. The summed E-state index contributed by atoms with van der Waals surface area (Å²) in [6.07, 6.45) is 0.492. The van der Waals surface area contributed by atoms with E-state index in [2.05, 4.69) is 5.32 Å². The lowest BCUT2D eigenvalue weighted by atomic mass is 10.0. The van der Waals surface area contributed by atoms with Crippen molar-refractivity contribution < 1.29 is 14.6 Å². The second-order valence-electron chi connectivity index (χ2n) is 5.62. The molecular weight excluding hydrogens is 326 g/mol. The van der Waals surface area contributed by atoms with Crippen LogP contribution in [0.4, 0.5) is 17.1 Å². The van der Waals surface area contributed by atoms with E-state index in [0.717, 1.165) is 0 Å². The number of nitrogens with one attached hydrogen (secondary N) is 1. The Morgan fingerprint density at radius 1 is 1.04 bits per heavy atom. The Kier molecular flexibility index (Phi) is 5.11. The van der Waals surface area contributed by atoms with Crippen molar-refractivity contribution in [1.29, 1.82) is 0 Å². The van der Waals surface area contributed by atoms with E-state index in [1.54, 1.807) is 13.8 Å². The van der Waals surface area contributed by atoms with Gasteiger partial charge in [0.15, 0.2) is 0 Å². The van der Waals surface area contributed by atoms with Crippen molar-refractivity contribution in [3.05, 3.63) is 72.8 Å². The molecule has 8 nitrogen and oxygen atoms in total. The quantitative estimate of drug-likeness (QED) is 0.652. The van der Waals surface area contributed by atoms with Gasteiger partial charge in [0.25, 0.3) is 17.3 Å². The summed E-state index contributed by atoms with van der Waals surface area (Å²) < 4.78 is 0. The molecule has 0 heterocycles. The minimum atomic E-state index is -0.541. The molecule has 0 unspecified atom stereocenters. The normalized spacial score (nSPS) is 10.4. The van der Waals surface area contributed by atoms with E-state index in [4.69, 9.17) is 0 Å². The smallest absolute Gasteiger partial charge is 0.273 e. The number of rotatable bonds is 5. The molecule has 2 rings (SSSR count). The molecule has 25 heavy (non-hydrogen) atoms. The van der Waals surface area contributed by atoms with E-state index >= 15 is 0 Å². The van der Waals surface area contributed by atoms with Gasteiger partial charge in [-0.05, 0) is 37.5 Å². The van der Waals surface area contributed by atoms with Crippen LogP contribution in [0.25, 0.3) is 0 Å². The highest BCUT2D eigenvalue weighted by molar-refractivity contribution is 6.05. The van der Waals surface area contributed by atoms with E-state index in [1.807, 2.05) is 6.92 Å². The predicted molar refractivity (Wildman–Crippen MR) is 93.0 cm³/mol. The summed E-state index contributed by atoms with van der Waals surface area (Å²) in [5, 5.41) is 24.7. The van der Waals surface area contributed by atoms with Gasteiger partial charge in [0, 0.05) is 35.0 Å². The molecule has 2 aromatic rings. The zero-order chi connectivity index (χ0) is 18.7. The van der Waals surface area contributed by atoms with Crippen LogP contribution < -0.4 is 5.32 Å². The number of hydrogen-bond donors (Lipinski definition) is 1. The maximum atomic E-state index is 12.5. The number of benzene rings is 2. The molecule has 0 aliphatic carbocycles. The van der Waals surface area contributed by atoms with Crippen LogP contribution in [-0.2, 0) is 6.42 Å². The van der Waals surface area contributed by atoms with E-state index in [9.17, 15) is 25.0 Å². The van der Waals surface area contributed by atoms with Crippen LogP contribution in [0.1, 0.15) is 34.0 Å². The van der Waals surface area contributed by atoms with Gasteiger partial charge in [0.1, 0.15) is 0 Å². The second kappa shape index (κ2) is 7.08. The summed E-state index contributed by atoms with van der Waals surface area (Å²) in [4.78, 5) is 33.4. The van der Waals surface area contributed by atoms with E-state index < -0.39 is 15.8 Å². The lowest BCUT2D eigenvalue weighted by Gasteiger charge is -2.13. The molecule has 130 valence electrons. The number of aryl methyl sites for hydroxylation is 3. The number of hydrogen-bond acceptors (Lipinski definition) is 5. The molecule has 0 spiro atoms. The molecule has 0 fully saturated rings. The first kappa shape index (κ1) is 18.1. The Hall–Kier alpha value is -3.29. The fourth-order valence-electron chi connectivity index (χ4n) is 2.54. The highest BCUT2D eigenvalue weighted by Crippen LogP contribution is 2.28. The molecule has 0 saturated carbocycles. The zero-order valence-corrected chi connectivity index (χ0v) is 14.0. The van der Waals surface area contributed by atoms with Crippen molar-refractivity contribution in [2.75, 3.05) is 5.32 Å². The van der Waals surface area contributed by atoms with E-state index in [0.29, 0.717) is 28.8 Å². The Morgan fingerprint density at radius 2 is 1.72 bits per heavy atom. The third-order valence-corrected chi connectivity index (χ3v) is 3.90. The van der Waals surface area contributed by atoms with E-state index in [-0.39, 0.29) is 16.9 Å². The van der Waals surface area contributed by atoms with Crippen LogP contribution in [0.15, 0.2) is 30.3 Å². The number of anilines is 1. The number of nitrogens with zero attached hydrogens (tertiary/aromatic N) is 2. The molecule has 0 bridgehead atoms. The molecule has 0 aromatic heterocycles. The number of carbonyl (C=O) groups excluding carboxylic acids is 1. The Morgan fingerprint density at radius 3 is 2.28 bits per heavy atom. The first-order chi connectivity index (χ1) is 11.7.